The maximum absolute atomic E-state index is 12.9. The Labute approximate surface area is 143 Å². The number of benzene rings is 2. The highest BCUT2D eigenvalue weighted by atomic mass is 32.2. The summed E-state index contributed by atoms with van der Waals surface area (Å²) >= 11 is 1.32. The number of thioether (sulfide) groups is 1. The number of aromatic nitrogens is 3. The fraction of sp³-hybridized carbons (Fsp3) is 0.167. The number of rotatable bonds is 5. The Morgan fingerprint density at radius 1 is 1.08 bits per heavy atom. The van der Waals surface area contributed by atoms with Gasteiger partial charge >= 0.3 is 0 Å². The summed E-state index contributed by atoms with van der Waals surface area (Å²) in [6.45, 7) is 3.90. The van der Waals surface area contributed by atoms with Crippen molar-refractivity contribution in [3.8, 4) is 5.69 Å². The van der Waals surface area contributed by atoms with Crippen molar-refractivity contribution in [1.29, 1.82) is 0 Å². The van der Waals surface area contributed by atoms with Gasteiger partial charge < -0.3 is 0 Å². The van der Waals surface area contributed by atoms with E-state index in [-0.39, 0.29) is 17.4 Å². The van der Waals surface area contributed by atoms with Crippen LogP contribution in [0.5, 0.6) is 0 Å². The van der Waals surface area contributed by atoms with Crippen LogP contribution in [0.4, 0.5) is 4.39 Å². The number of para-hydroxylation sites is 1. The normalized spacial score (nSPS) is 10.8. The van der Waals surface area contributed by atoms with Crippen LogP contribution in [-0.2, 0) is 0 Å². The molecule has 0 spiro atoms. The highest BCUT2D eigenvalue weighted by molar-refractivity contribution is 7.99. The van der Waals surface area contributed by atoms with E-state index in [1.54, 1.807) is 0 Å². The van der Waals surface area contributed by atoms with Crippen LogP contribution >= 0.6 is 11.8 Å². The number of halogens is 1. The average molecular weight is 341 g/mol. The predicted octanol–water partition coefficient (Wildman–Crippen LogP) is 4.00. The third-order valence-electron chi connectivity index (χ3n) is 3.65. The van der Waals surface area contributed by atoms with Crippen molar-refractivity contribution < 1.29 is 9.18 Å². The highest BCUT2D eigenvalue weighted by Gasteiger charge is 2.15. The molecule has 0 aliphatic rings. The summed E-state index contributed by atoms with van der Waals surface area (Å²) in [4.78, 5) is 12.3. The topological polar surface area (TPSA) is 47.8 Å². The van der Waals surface area contributed by atoms with E-state index in [1.807, 2.05) is 42.7 Å². The van der Waals surface area contributed by atoms with Gasteiger partial charge in [-0.05, 0) is 49.7 Å². The van der Waals surface area contributed by atoms with E-state index >= 15 is 0 Å². The van der Waals surface area contributed by atoms with Crippen molar-refractivity contribution in [1.82, 2.24) is 14.8 Å². The van der Waals surface area contributed by atoms with Gasteiger partial charge in [0.25, 0.3) is 0 Å². The number of carbonyl (C=O) groups excluding carboxylic acids is 1. The standard InChI is InChI=1S/C18H16FN3OS/c1-12-5-3-4-6-16(12)22-13(2)20-21-18(22)24-11-17(23)14-7-9-15(19)10-8-14/h3-10H,11H2,1-2H3. The van der Waals surface area contributed by atoms with Crippen molar-refractivity contribution in [2.45, 2.75) is 19.0 Å². The minimum absolute atomic E-state index is 0.0722. The molecule has 1 aromatic heterocycles. The van der Waals surface area contributed by atoms with E-state index in [1.165, 1.54) is 36.0 Å². The van der Waals surface area contributed by atoms with Crippen molar-refractivity contribution in [3.05, 3.63) is 71.3 Å². The molecule has 24 heavy (non-hydrogen) atoms. The van der Waals surface area contributed by atoms with Gasteiger partial charge in [-0.25, -0.2) is 4.39 Å². The van der Waals surface area contributed by atoms with Crippen LogP contribution in [-0.4, -0.2) is 26.3 Å². The summed E-state index contributed by atoms with van der Waals surface area (Å²) in [7, 11) is 0. The Kier molecular flexibility index (Phi) is 4.76. The molecular weight excluding hydrogens is 325 g/mol. The van der Waals surface area contributed by atoms with E-state index < -0.39 is 0 Å². The lowest BCUT2D eigenvalue weighted by molar-refractivity contribution is 0.102. The lowest BCUT2D eigenvalue weighted by atomic mass is 10.1. The smallest absolute Gasteiger partial charge is 0.196 e. The Bertz CT molecular complexity index is 874. The average Bonchev–Trinajstić information content (AvgIpc) is 2.94. The molecule has 122 valence electrons. The van der Waals surface area contributed by atoms with E-state index in [2.05, 4.69) is 10.2 Å². The van der Waals surface area contributed by atoms with Gasteiger partial charge in [-0.15, -0.1) is 10.2 Å². The van der Waals surface area contributed by atoms with Crippen LogP contribution in [0.2, 0.25) is 0 Å². The van der Waals surface area contributed by atoms with Crippen LogP contribution in [0.3, 0.4) is 0 Å². The fourth-order valence-electron chi connectivity index (χ4n) is 2.38. The van der Waals surface area contributed by atoms with E-state index in [0.29, 0.717) is 10.7 Å². The Morgan fingerprint density at radius 3 is 2.50 bits per heavy atom. The molecule has 0 radical (unpaired) electrons. The molecule has 3 aromatic rings. The number of aryl methyl sites for hydroxylation is 2. The third-order valence-corrected chi connectivity index (χ3v) is 4.58. The van der Waals surface area contributed by atoms with E-state index in [0.717, 1.165) is 17.1 Å². The van der Waals surface area contributed by atoms with Crippen molar-refractivity contribution in [2.24, 2.45) is 0 Å². The number of nitrogens with zero attached hydrogens (tertiary/aromatic N) is 3. The minimum atomic E-state index is -0.353. The molecule has 0 bridgehead atoms. The van der Waals surface area contributed by atoms with Crippen molar-refractivity contribution >= 4 is 17.5 Å². The summed E-state index contributed by atoms with van der Waals surface area (Å²) in [5, 5.41) is 8.97. The highest BCUT2D eigenvalue weighted by Crippen LogP contribution is 2.24. The number of hydrogen-bond donors (Lipinski definition) is 0. The van der Waals surface area contributed by atoms with Gasteiger partial charge in [0.05, 0.1) is 11.4 Å². The van der Waals surface area contributed by atoms with Crippen LogP contribution in [0.1, 0.15) is 21.7 Å². The number of ketones is 1. The van der Waals surface area contributed by atoms with Gasteiger partial charge in [0.15, 0.2) is 10.9 Å². The zero-order valence-corrected chi connectivity index (χ0v) is 14.2. The zero-order valence-electron chi connectivity index (χ0n) is 13.4. The summed E-state index contributed by atoms with van der Waals surface area (Å²) in [6.07, 6.45) is 0. The van der Waals surface area contributed by atoms with E-state index in [4.69, 9.17) is 0 Å². The van der Waals surface area contributed by atoms with Gasteiger partial charge in [-0.3, -0.25) is 9.36 Å². The molecule has 2 aromatic carbocycles. The first-order chi connectivity index (χ1) is 11.6. The summed E-state index contributed by atoms with van der Waals surface area (Å²) < 4.78 is 14.9. The van der Waals surface area contributed by atoms with Gasteiger partial charge in [0.2, 0.25) is 0 Å². The van der Waals surface area contributed by atoms with Gasteiger partial charge in [0.1, 0.15) is 11.6 Å². The quantitative estimate of drug-likeness (QED) is 0.520. The van der Waals surface area contributed by atoms with Crippen LogP contribution in [0.25, 0.3) is 5.69 Å². The molecule has 0 saturated heterocycles. The first kappa shape index (κ1) is 16.4. The summed E-state index contributed by atoms with van der Waals surface area (Å²) in [5.41, 5.74) is 2.59. The van der Waals surface area contributed by atoms with Crippen LogP contribution in [0.15, 0.2) is 53.7 Å². The fourth-order valence-corrected chi connectivity index (χ4v) is 3.26. The summed E-state index contributed by atoms with van der Waals surface area (Å²) in [5.74, 6) is 0.558. The molecule has 3 rings (SSSR count). The maximum Gasteiger partial charge on any atom is 0.196 e. The molecule has 4 nitrogen and oxygen atoms in total. The van der Waals surface area contributed by atoms with Crippen molar-refractivity contribution in [2.75, 3.05) is 5.75 Å². The molecule has 0 fully saturated rings. The zero-order chi connectivity index (χ0) is 17.1. The first-order valence-corrected chi connectivity index (χ1v) is 8.44. The third kappa shape index (κ3) is 3.38. The minimum Gasteiger partial charge on any atom is -0.293 e. The van der Waals surface area contributed by atoms with Crippen molar-refractivity contribution in [3.63, 3.8) is 0 Å². The second-order valence-electron chi connectivity index (χ2n) is 5.37. The molecule has 0 amide bonds. The Morgan fingerprint density at radius 2 is 1.79 bits per heavy atom. The second-order valence-corrected chi connectivity index (χ2v) is 6.31. The maximum atomic E-state index is 12.9. The van der Waals surface area contributed by atoms with Gasteiger partial charge in [-0.2, -0.15) is 0 Å². The first-order valence-electron chi connectivity index (χ1n) is 7.46. The second kappa shape index (κ2) is 6.97. The molecule has 0 aliphatic carbocycles. The Balaban J connectivity index is 1.81. The molecule has 0 unspecified atom stereocenters. The van der Waals surface area contributed by atoms with Crippen LogP contribution < -0.4 is 0 Å². The lowest BCUT2D eigenvalue weighted by Gasteiger charge is -2.10. The van der Waals surface area contributed by atoms with Crippen LogP contribution in [0, 0.1) is 19.7 Å². The number of hydrogen-bond acceptors (Lipinski definition) is 4. The lowest BCUT2D eigenvalue weighted by Crippen LogP contribution is -2.05. The van der Waals surface area contributed by atoms with Gasteiger partial charge in [-0.1, -0.05) is 30.0 Å². The SMILES string of the molecule is Cc1ccccc1-n1c(C)nnc1SCC(=O)c1ccc(F)cc1. The van der Waals surface area contributed by atoms with Gasteiger partial charge in [0, 0.05) is 5.56 Å². The molecular formula is C18H16FN3OS. The molecule has 0 saturated carbocycles. The molecule has 0 atom stereocenters. The monoisotopic (exact) mass is 341 g/mol. The molecule has 6 heteroatoms. The molecule has 1 heterocycles. The largest absolute Gasteiger partial charge is 0.293 e. The number of Topliss-reactive ketones (excluding diaryl/α,β-unsaturated/α-hetero) is 1. The molecule has 0 N–H and O–H groups in total. The Hall–Kier alpha value is -2.47. The predicted molar refractivity (Wildman–Crippen MR) is 92.3 cm³/mol. The van der Waals surface area contributed by atoms with E-state index in [9.17, 15) is 9.18 Å². The molecule has 0 aliphatic heterocycles. The summed E-state index contributed by atoms with van der Waals surface area (Å²) in [6, 6.07) is 13.5. The number of carbonyl (C=O) groups is 1.